The fourth-order valence-corrected chi connectivity index (χ4v) is 16.7. The number of hydrogen-bond donors (Lipinski definition) is 0. The van der Waals surface area contributed by atoms with E-state index >= 15 is 0 Å². The molecule has 0 saturated heterocycles. The molecule has 0 aliphatic heterocycles. The maximum atomic E-state index is 2.61. The van der Waals surface area contributed by atoms with E-state index in [1.807, 2.05) is 0 Å². The Kier molecular flexibility index (Phi) is 9.26. The quantitative estimate of drug-likeness (QED) is 0.161. The fourth-order valence-electron chi connectivity index (χ4n) is 16.7. The van der Waals surface area contributed by atoms with Crippen molar-refractivity contribution >= 4 is 27.8 Å². The van der Waals surface area contributed by atoms with Crippen LogP contribution in [0, 0.1) is 12.8 Å². The number of nitrogens with zero attached hydrogens (tertiary/aromatic N) is 1. The van der Waals surface area contributed by atoms with Gasteiger partial charge in [0, 0.05) is 33.2 Å². The first-order chi connectivity index (χ1) is 35.6. The van der Waals surface area contributed by atoms with E-state index < -0.39 is 0 Å². The molecule has 0 aromatic heterocycles. The van der Waals surface area contributed by atoms with E-state index in [2.05, 4.69) is 248 Å². The zero-order valence-corrected chi connectivity index (χ0v) is 40.9. The molecule has 6 unspecified atom stereocenters. The molecule has 72 heavy (non-hydrogen) atoms. The van der Waals surface area contributed by atoms with Crippen molar-refractivity contribution in [3.8, 4) is 44.5 Å². The van der Waals surface area contributed by atoms with E-state index in [1.54, 1.807) is 22.3 Å². The van der Waals surface area contributed by atoms with E-state index in [1.165, 1.54) is 103 Å². The number of anilines is 3. The Morgan fingerprint density at radius 3 is 1.81 bits per heavy atom. The molecule has 3 saturated carbocycles. The first-order valence-electron chi connectivity index (χ1n) is 26.6. The van der Waals surface area contributed by atoms with Crippen molar-refractivity contribution in [1.29, 1.82) is 0 Å². The third-order valence-corrected chi connectivity index (χ3v) is 18.9. The minimum absolute atomic E-state index is 0.0796. The van der Waals surface area contributed by atoms with Gasteiger partial charge in [0.05, 0.1) is 5.69 Å². The molecule has 1 spiro atoms. The number of benzene rings is 10. The van der Waals surface area contributed by atoms with Crippen LogP contribution >= 0.6 is 0 Å². The Labute approximate surface area is 424 Å². The highest BCUT2D eigenvalue weighted by molar-refractivity contribution is 5.98. The third kappa shape index (κ3) is 5.77. The van der Waals surface area contributed by atoms with Crippen molar-refractivity contribution in [3.63, 3.8) is 0 Å². The van der Waals surface area contributed by atoms with Crippen LogP contribution in [-0.4, -0.2) is 0 Å². The number of aryl methyl sites for hydroxylation is 1. The molecule has 346 valence electrons. The van der Waals surface area contributed by atoms with E-state index in [4.69, 9.17) is 0 Å². The summed E-state index contributed by atoms with van der Waals surface area (Å²) in [5, 5.41) is 2.55. The summed E-state index contributed by atoms with van der Waals surface area (Å²) < 4.78 is 0. The lowest BCUT2D eigenvalue weighted by molar-refractivity contribution is 0.00426. The second-order valence-corrected chi connectivity index (χ2v) is 22.0. The number of fused-ring (bicyclic) bond motifs is 10. The molecule has 0 amide bonds. The van der Waals surface area contributed by atoms with Crippen LogP contribution in [0.4, 0.5) is 17.1 Å². The zero-order valence-electron chi connectivity index (χ0n) is 40.9. The van der Waals surface area contributed by atoms with Gasteiger partial charge < -0.3 is 4.90 Å². The van der Waals surface area contributed by atoms with Gasteiger partial charge in [-0.1, -0.05) is 213 Å². The molecule has 5 aliphatic rings. The van der Waals surface area contributed by atoms with Gasteiger partial charge in [-0.05, 0) is 170 Å². The minimum Gasteiger partial charge on any atom is -0.310 e. The molecule has 1 nitrogen and oxygen atoms in total. The van der Waals surface area contributed by atoms with Crippen LogP contribution in [0.15, 0.2) is 237 Å². The van der Waals surface area contributed by atoms with Crippen molar-refractivity contribution < 1.29 is 0 Å². The number of para-hydroxylation sites is 1. The topological polar surface area (TPSA) is 3.24 Å². The van der Waals surface area contributed by atoms with E-state index in [9.17, 15) is 0 Å². The van der Waals surface area contributed by atoms with Gasteiger partial charge in [-0.3, -0.25) is 0 Å². The number of rotatable bonds is 6. The summed E-state index contributed by atoms with van der Waals surface area (Å²) in [4.78, 5) is 2.58. The smallest absolute Gasteiger partial charge is 0.0543 e. The maximum Gasteiger partial charge on any atom is 0.0543 e. The van der Waals surface area contributed by atoms with Gasteiger partial charge in [-0.25, -0.2) is 0 Å². The summed E-state index contributed by atoms with van der Waals surface area (Å²) in [7, 11) is 0. The molecule has 6 atom stereocenters. The van der Waals surface area contributed by atoms with Crippen LogP contribution in [0.3, 0.4) is 0 Å². The minimum atomic E-state index is -0.133. The Bertz CT molecular complexity index is 3770. The predicted molar refractivity (Wildman–Crippen MR) is 300 cm³/mol. The molecule has 15 rings (SSSR count). The summed E-state index contributed by atoms with van der Waals surface area (Å²) in [6, 6.07) is 91.5. The lowest BCUT2D eigenvalue weighted by atomic mass is 9.39. The molecule has 5 aliphatic carbocycles. The summed E-state index contributed by atoms with van der Waals surface area (Å²) in [5.74, 6) is 1.08. The second kappa shape index (κ2) is 15.9. The largest absolute Gasteiger partial charge is 0.310 e. The summed E-state index contributed by atoms with van der Waals surface area (Å²) in [6.07, 6.45) is 6.99. The summed E-state index contributed by atoms with van der Waals surface area (Å²) in [6.45, 7) is 2.32. The molecule has 0 N–H and O–H groups in total. The lowest BCUT2D eigenvalue weighted by Gasteiger charge is -2.63. The van der Waals surface area contributed by atoms with Crippen molar-refractivity contribution in [2.24, 2.45) is 5.92 Å². The summed E-state index contributed by atoms with van der Waals surface area (Å²) in [5.41, 5.74) is 23.4. The fraction of sp³-hybridized carbons (Fsp3) is 0.183. The standard InChI is InChI=1S/C71H57N/c1-47-20-5-7-25-53(47)58-29-14-16-35-63(58)71-43-19-42-69-44-50(45-70(68(69)71)46-65(71)60-31-11-10-28-57(60)59-30-13-15-34-62(59)70)56-27-9-12-32-61(56)67-64(69)36-18-37-66(67)72(51-23-3-2-4-24-51)52-40-38-49(39-41-52)55-33-17-22-48-21-6-8-26-54(48)55/h2-18,20-41,50,65,68H,19,42-46H2,1H3. The van der Waals surface area contributed by atoms with E-state index in [-0.39, 0.29) is 16.2 Å². The van der Waals surface area contributed by atoms with Crippen LogP contribution in [-0.2, 0) is 16.2 Å². The van der Waals surface area contributed by atoms with Crippen molar-refractivity contribution in [2.45, 2.75) is 73.5 Å². The average Bonchev–Trinajstić information content (AvgIpc) is 3.65. The van der Waals surface area contributed by atoms with Gasteiger partial charge in [0.15, 0.2) is 0 Å². The van der Waals surface area contributed by atoms with Gasteiger partial charge in [-0.15, -0.1) is 0 Å². The van der Waals surface area contributed by atoms with Crippen molar-refractivity contribution in [3.05, 3.63) is 270 Å². The molecule has 4 bridgehead atoms. The second-order valence-electron chi connectivity index (χ2n) is 22.0. The first-order valence-corrected chi connectivity index (χ1v) is 26.6. The van der Waals surface area contributed by atoms with Gasteiger partial charge in [0.25, 0.3) is 0 Å². The van der Waals surface area contributed by atoms with Crippen LogP contribution in [0.1, 0.15) is 83.7 Å². The molecule has 0 heterocycles. The SMILES string of the molecule is Cc1ccccc1-c1ccccc1C12CCCC34CC(CC5(CC1c1ccccc1-c1ccccc15)C32)c1ccccc1-c1c(N(c2ccccc2)c2ccc(-c3cccc5ccccc35)cc2)cccc14. The van der Waals surface area contributed by atoms with Crippen LogP contribution in [0.25, 0.3) is 55.3 Å². The van der Waals surface area contributed by atoms with E-state index in [0.29, 0.717) is 17.8 Å². The molecule has 0 radical (unpaired) electrons. The first kappa shape index (κ1) is 42.0. The highest BCUT2D eigenvalue weighted by Crippen LogP contribution is 2.80. The third-order valence-electron chi connectivity index (χ3n) is 18.9. The van der Waals surface area contributed by atoms with Crippen LogP contribution in [0.2, 0.25) is 0 Å². The predicted octanol–water partition coefficient (Wildman–Crippen LogP) is 18.6. The maximum absolute atomic E-state index is 2.61. The number of hydrogen-bond acceptors (Lipinski definition) is 1. The van der Waals surface area contributed by atoms with Crippen molar-refractivity contribution in [2.75, 3.05) is 4.90 Å². The molecular formula is C71H57N. The monoisotopic (exact) mass is 923 g/mol. The Morgan fingerprint density at radius 1 is 0.403 bits per heavy atom. The Morgan fingerprint density at radius 2 is 0.986 bits per heavy atom. The molecule has 1 heteroatoms. The lowest BCUT2D eigenvalue weighted by Crippen LogP contribution is -2.60. The van der Waals surface area contributed by atoms with Gasteiger partial charge in [-0.2, -0.15) is 0 Å². The summed E-state index contributed by atoms with van der Waals surface area (Å²) >= 11 is 0. The average molecular weight is 924 g/mol. The zero-order chi connectivity index (χ0) is 47.6. The highest BCUT2D eigenvalue weighted by Gasteiger charge is 2.74. The van der Waals surface area contributed by atoms with Crippen molar-refractivity contribution in [1.82, 2.24) is 0 Å². The molecule has 10 aromatic carbocycles. The van der Waals surface area contributed by atoms with Crippen LogP contribution in [0.5, 0.6) is 0 Å². The van der Waals surface area contributed by atoms with Gasteiger partial charge >= 0.3 is 0 Å². The van der Waals surface area contributed by atoms with Crippen LogP contribution < -0.4 is 4.90 Å². The normalized spacial score (nSPS) is 23.9. The van der Waals surface area contributed by atoms with Gasteiger partial charge in [0.2, 0.25) is 0 Å². The Balaban J connectivity index is 1.02. The molecule has 10 aromatic rings. The highest BCUT2D eigenvalue weighted by atomic mass is 15.1. The van der Waals surface area contributed by atoms with Gasteiger partial charge in [0.1, 0.15) is 0 Å². The molecule has 3 fully saturated rings. The Hall–Kier alpha value is -7.74. The molecular weight excluding hydrogens is 867 g/mol. The van der Waals surface area contributed by atoms with E-state index in [0.717, 1.165) is 19.3 Å².